The molecule has 0 aliphatic heterocycles. The summed E-state index contributed by atoms with van der Waals surface area (Å²) >= 11 is 5.14. The van der Waals surface area contributed by atoms with Crippen molar-refractivity contribution in [2.45, 2.75) is 58.8 Å². The predicted octanol–water partition coefficient (Wildman–Crippen LogP) is 5.16. The van der Waals surface area contributed by atoms with Crippen LogP contribution in [-0.2, 0) is 0 Å². The Morgan fingerprint density at radius 2 is 1.41 bits per heavy atom. The number of benzene rings is 2. The van der Waals surface area contributed by atoms with Crippen molar-refractivity contribution >= 4 is 29.1 Å². The van der Waals surface area contributed by atoms with Crippen molar-refractivity contribution < 1.29 is 19.1 Å². The molecule has 8 heteroatoms. The molecule has 2 aromatic rings. The van der Waals surface area contributed by atoms with E-state index in [0.717, 1.165) is 37.9 Å². The highest BCUT2D eigenvalue weighted by Crippen LogP contribution is 2.18. The van der Waals surface area contributed by atoms with Crippen LogP contribution in [0.1, 0.15) is 79.5 Å². The molecule has 0 saturated carbocycles. The molecule has 34 heavy (non-hydrogen) atoms. The van der Waals surface area contributed by atoms with Gasteiger partial charge in [0.05, 0.1) is 18.8 Å². The second-order valence-electron chi connectivity index (χ2n) is 7.85. The average Bonchev–Trinajstić information content (AvgIpc) is 2.85. The van der Waals surface area contributed by atoms with Gasteiger partial charge in [-0.25, -0.2) is 0 Å². The second-order valence-corrected chi connectivity index (χ2v) is 8.26. The summed E-state index contributed by atoms with van der Waals surface area (Å²) in [6.45, 7) is 5.49. The van der Waals surface area contributed by atoms with Crippen LogP contribution in [0.2, 0.25) is 0 Å². The van der Waals surface area contributed by atoms with E-state index in [1.165, 1.54) is 12.8 Å². The molecule has 0 atom stereocenters. The van der Waals surface area contributed by atoms with Gasteiger partial charge in [0.2, 0.25) is 0 Å². The molecule has 0 bridgehead atoms. The van der Waals surface area contributed by atoms with Gasteiger partial charge < -0.3 is 9.47 Å². The van der Waals surface area contributed by atoms with Gasteiger partial charge in [-0.3, -0.25) is 25.8 Å². The normalized spacial score (nSPS) is 10.3. The number of carbonyl (C=O) groups excluding carboxylic acids is 2. The maximum atomic E-state index is 12.6. The van der Waals surface area contributed by atoms with Gasteiger partial charge in [0.1, 0.15) is 11.5 Å². The first-order valence-corrected chi connectivity index (χ1v) is 12.3. The minimum absolute atomic E-state index is 0.0221. The van der Waals surface area contributed by atoms with Crippen molar-refractivity contribution in [3.05, 3.63) is 59.7 Å². The molecule has 0 aliphatic rings. The predicted molar refractivity (Wildman–Crippen MR) is 138 cm³/mol. The first-order valence-electron chi connectivity index (χ1n) is 11.9. The van der Waals surface area contributed by atoms with Crippen LogP contribution in [0.5, 0.6) is 11.5 Å². The fourth-order valence-electron chi connectivity index (χ4n) is 3.12. The molecule has 0 unspecified atom stereocenters. The zero-order valence-corrected chi connectivity index (χ0v) is 20.8. The van der Waals surface area contributed by atoms with Crippen LogP contribution in [0.4, 0.5) is 0 Å². The summed E-state index contributed by atoms with van der Waals surface area (Å²) in [6.07, 6.45) is 7.63. The van der Waals surface area contributed by atoms with E-state index in [4.69, 9.17) is 21.7 Å². The Bertz CT molecular complexity index is 919. The van der Waals surface area contributed by atoms with E-state index in [0.29, 0.717) is 30.1 Å². The third-order valence-corrected chi connectivity index (χ3v) is 5.24. The zero-order valence-electron chi connectivity index (χ0n) is 20.0. The number of para-hydroxylation sites is 1. The first kappa shape index (κ1) is 27.1. The molecule has 2 amide bonds. The molecule has 0 spiro atoms. The van der Waals surface area contributed by atoms with Crippen LogP contribution in [0.25, 0.3) is 0 Å². The Hall–Kier alpha value is -3.13. The number of amides is 2. The van der Waals surface area contributed by atoms with Crippen LogP contribution in [0.15, 0.2) is 48.5 Å². The summed E-state index contributed by atoms with van der Waals surface area (Å²) in [5.74, 6) is 0.416. The molecule has 0 aromatic heterocycles. The number of hydrogen-bond acceptors (Lipinski definition) is 5. The number of hydrogen-bond donors (Lipinski definition) is 3. The zero-order chi connectivity index (χ0) is 24.6. The number of hydrazine groups is 1. The third kappa shape index (κ3) is 9.79. The molecule has 2 rings (SSSR count). The van der Waals surface area contributed by atoms with Crippen molar-refractivity contribution in [1.29, 1.82) is 0 Å². The molecule has 2 aromatic carbocycles. The summed E-state index contributed by atoms with van der Waals surface area (Å²) in [5.41, 5.74) is 5.86. The molecule has 0 fully saturated rings. The van der Waals surface area contributed by atoms with Crippen LogP contribution < -0.4 is 25.6 Å². The summed E-state index contributed by atoms with van der Waals surface area (Å²) < 4.78 is 11.4. The van der Waals surface area contributed by atoms with Crippen LogP contribution in [0, 0.1) is 0 Å². The maximum absolute atomic E-state index is 12.6. The number of carbonyl (C=O) groups is 2. The van der Waals surface area contributed by atoms with Crippen molar-refractivity contribution in [1.82, 2.24) is 16.2 Å². The number of rotatable bonds is 13. The fraction of sp³-hybridized carbons (Fsp3) is 0.423. The van der Waals surface area contributed by atoms with E-state index < -0.39 is 5.91 Å². The van der Waals surface area contributed by atoms with Crippen molar-refractivity contribution in [3.8, 4) is 11.5 Å². The van der Waals surface area contributed by atoms with E-state index in [-0.39, 0.29) is 11.0 Å². The second kappa shape index (κ2) is 15.7. The molecule has 0 saturated heterocycles. The van der Waals surface area contributed by atoms with Gasteiger partial charge in [-0.05, 0) is 61.5 Å². The van der Waals surface area contributed by atoms with E-state index in [2.05, 4.69) is 30.0 Å². The van der Waals surface area contributed by atoms with Crippen molar-refractivity contribution in [2.24, 2.45) is 0 Å². The van der Waals surface area contributed by atoms with Crippen molar-refractivity contribution in [2.75, 3.05) is 13.2 Å². The summed E-state index contributed by atoms with van der Waals surface area (Å²) in [4.78, 5) is 25.0. The SMILES string of the molecule is CCCCCCOc1ccc(C(=O)NNC(=S)NC(=O)c2ccccc2OCCCCC)cc1. The molecule has 0 radical (unpaired) electrons. The van der Waals surface area contributed by atoms with Gasteiger partial charge in [0.25, 0.3) is 11.8 Å². The molecular weight excluding hydrogens is 450 g/mol. The van der Waals surface area contributed by atoms with Gasteiger partial charge >= 0.3 is 0 Å². The quantitative estimate of drug-likeness (QED) is 0.206. The van der Waals surface area contributed by atoms with E-state index in [9.17, 15) is 9.59 Å². The number of thiocarbonyl (C=S) groups is 1. The van der Waals surface area contributed by atoms with E-state index in [1.54, 1.807) is 42.5 Å². The van der Waals surface area contributed by atoms with Gasteiger partial charge in [-0.1, -0.05) is 58.1 Å². The summed E-state index contributed by atoms with van der Waals surface area (Å²) in [5, 5.41) is 2.54. The monoisotopic (exact) mass is 485 g/mol. The van der Waals surface area contributed by atoms with E-state index in [1.807, 2.05) is 6.07 Å². The molecule has 3 N–H and O–H groups in total. The lowest BCUT2D eigenvalue weighted by Crippen LogP contribution is -2.48. The van der Waals surface area contributed by atoms with Gasteiger partial charge in [0.15, 0.2) is 5.11 Å². The van der Waals surface area contributed by atoms with Crippen LogP contribution in [0.3, 0.4) is 0 Å². The highest BCUT2D eigenvalue weighted by atomic mass is 32.1. The molecular formula is C26H35N3O4S. The summed E-state index contributed by atoms with van der Waals surface area (Å²) in [7, 11) is 0. The average molecular weight is 486 g/mol. The number of nitrogens with one attached hydrogen (secondary N) is 3. The Morgan fingerprint density at radius 3 is 2.15 bits per heavy atom. The lowest BCUT2D eigenvalue weighted by molar-refractivity contribution is 0.0933. The molecule has 7 nitrogen and oxygen atoms in total. The smallest absolute Gasteiger partial charge is 0.269 e. The van der Waals surface area contributed by atoms with E-state index >= 15 is 0 Å². The van der Waals surface area contributed by atoms with Crippen LogP contribution >= 0.6 is 12.2 Å². The number of unbranched alkanes of at least 4 members (excludes halogenated alkanes) is 5. The van der Waals surface area contributed by atoms with Crippen LogP contribution in [-0.4, -0.2) is 30.1 Å². The first-order chi connectivity index (χ1) is 16.5. The standard InChI is InChI=1S/C26H35N3O4S/c1-3-5-7-11-18-32-21-16-14-20(15-17-21)24(30)28-29-26(34)27-25(31)22-12-8-9-13-23(22)33-19-10-6-4-2/h8-9,12-17H,3-7,10-11,18-19H2,1-2H3,(H,28,30)(H2,27,29,31,34). The Labute approximate surface area is 207 Å². The highest BCUT2D eigenvalue weighted by Gasteiger charge is 2.14. The highest BCUT2D eigenvalue weighted by molar-refractivity contribution is 7.80. The Morgan fingerprint density at radius 1 is 0.765 bits per heavy atom. The molecule has 0 aliphatic carbocycles. The minimum Gasteiger partial charge on any atom is -0.494 e. The maximum Gasteiger partial charge on any atom is 0.269 e. The van der Waals surface area contributed by atoms with Crippen molar-refractivity contribution in [3.63, 3.8) is 0 Å². The lowest BCUT2D eigenvalue weighted by Gasteiger charge is -2.13. The lowest BCUT2D eigenvalue weighted by atomic mass is 10.2. The van der Waals surface area contributed by atoms with Gasteiger partial charge in [-0.15, -0.1) is 0 Å². The topological polar surface area (TPSA) is 88.7 Å². The Balaban J connectivity index is 1.78. The van der Waals surface area contributed by atoms with Gasteiger partial charge in [0, 0.05) is 5.56 Å². The Kier molecular flexibility index (Phi) is 12.5. The third-order valence-electron chi connectivity index (χ3n) is 5.04. The molecule has 184 valence electrons. The van der Waals surface area contributed by atoms with Gasteiger partial charge in [-0.2, -0.15) is 0 Å². The minimum atomic E-state index is -0.418. The largest absolute Gasteiger partial charge is 0.494 e. The fourth-order valence-corrected chi connectivity index (χ4v) is 3.27. The summed E-state index contributed by atoms with van der Waals surface area (Å²) in [6, 6.07) is 13.8. The molecule has 0 heterocycles. The number of ether oxygens (including phenoxy) is 2.